The maximum atomic E-state index is 14.2. The zero-order valence-electron chi connectivity index (χ0n) is 14.6. The highest BCUT2D eigenvalue weighted by Gasteiger charge is 2.39. The topological polar surface area (TPSA) is 32.7 Å². The van der Waals surface area contributed by atoms with Crippen LogP contribution >= 0.6 is 23.4 Å². The summed E-state index contributed by atoms with van der Waals surface area (Å²) in [6, 6.07) is 14.2. The van der Waals surface area contributed by atoms with Crippen molar-refractivity contribution in [3.8, 4) is 0 Å². The number of amidine groups is 1. The van der Waals surface area contributed by atoms with Gasteiger partial charge < -0.3 is 0 Å². The van der Waals surface area contributed by atoms with Crippen LogP contribution < -0.4 is 0 Å². The number of para-hydroxylation sites is 1. The molecule has 2 aromatic rings. The van der Waals surface area contributed by atoms with Crippen LogP contribution in [0.2, 0.25) is 5.02 Å². The molecule has 0 radical (unpaired) electrons. The summed E-state index contributed by atoms with van der Waals surface area (Å²) in [5.41, 5.74) is 1.03. The third kappa shape index (κ3) is 3.80. The van der Waals surface area contributed by atoms with Gasteiger partial charge in [0.2, 0.25) is 0 Å². The normalized spacial score (nSPS) is 21.0. The zero-order chi connectivity index (χ0) is 18.8. The second-order valence-corrected chi connectivity index (χ2v) is 8.01. The van der Waals surface area contributed by atoms with Crippen LogP contribution in [0.3, 0.4) is 0 Å². The average Bonchev–Trinajstić information content (AvgIpc) is 3.28. The van der Waals surface area contributed by atoms with Crippen LogP contribution in [-0.2, 0) is 4.79 Å². The number of hydrogen-bond acceptors (Lipinski definition) is 3. The van der Waals surface area contributed by atoms with Crippen LogP contribution in [0.1, 0.15) is 31.2 Å². The van der Waals surface area contributed by atoms with Crippen molar-refractivity contribution < 1.29 is 9.18 Å². The number of nitrogens with zero attached hydrogens (tertiary/aromatic N) is 2. The average molecular weight is 401 g/mol. The van der Waals surface area contributed by atoms with Crippen LogP contribution in [0.4, 0.5) is 10.1 Å². The van der Waals surface area contributed by atoms with E-state index in [1.54, 1.807) is 23.1 Å². The highest BCUT2D eigenvalue weighted by Crippen LogP contribution is 2.39. The Morgan fingerprint density at radius 3 is 2.56 bits per heavy atom. The molecule has 1 aliphatic heterocycles. The molecule has 138 valence electrons. The van der Waals surface area contributed by atoms with E-state index in [0.717, 1.165) is 31.4 Å². The Labute approximate surface area is 166 Å². The number of amides is 1. The van der Waals surface area contributed by atoms with E-state index in [1.807, 2.05) is 30.3 Å². The molecular formula is C21H18ClFN2OS. The fourth-order valence-electron chi connectivity index (χ4n) is 3.44. The van der Waals surface area contributed by atoms with Gasteiger partial charge >= 0.3 is 0 Å². The number of thioether (sulfide) groups is 1. The molecule has 1 aliphatic carbocycles. The fourth-order valence-corrected chi connectivity index (χ4v) is 4.70. The first-order valence-corrected chi connectivity index (χ1v) is 10.1. The summed E-state index contributed by atoms with van der Waals surface area (Å²) in [4.78, 5) is 20.0. The van der Waals surface area contributed by atoms with Crippen molar-refractivity contribution in [1.29, 1.82) is 0 Å². The predicted molar refractivity (Wildman–Crippen MR) is 110 cm³/mol. The Balaban J connectivity index is 1.74. The SMILES string of the molecule is O=C1C(=Cc2c(F)cccc2Cl)SC(=Nc2ccccc2)N1C1CCCC1. The molecule has 2 aromatic carbocycles. The van der Waals surface area contributed by atoms with E-state index in [4.69, 9.17) is 11.6 Å². The van der Waals surface area contributed by atoms with Gasteiger partial charge in [-0.05, 0) is 54.9 Å². The van der Waals surface area contributed by atoms with Gasteiger partial charge in [-0.1, -0.05) is 48.7 Å². The number of benzene rings is 2. The van der Waals surface area contributed by atoms with E-state index in [1.165, 1.54) is 17.8 Å². The van der Waals surface area contributed by atoms with Crippen LogP contribution in [0, 0.1) is 5.82 Å². The minimum Gasteiger partial charge on any atom is -0.283 e. The molecule has 1 amide bonds. The predicted octanol–water partition coefficient (Wildman–Crippen LogP) is 6.03. The molecule has 0 bridgehead atoms. The molecule has 2 aliphatic rings. The first-order chi connectivity index (χ1) is 13.1. The largest absolute Gasteiger partial charge is 0.283 e. The van der Waals surface area contributed by atoms with Gasteiger partial charge in [-0.3, -0.25) is 9.69 Å². The van der Waals surface area contributed by atoms with Crippen molar-refractivity contribution in [2.45, 2.75) is 31.7 Å². The van der Waals surface area contributed by atoms with Gasteiger partial charge in [-0.25, -0.2) is 9.38 Å². The minimum atomic E-state index is -0.440. The molecule has 1 heterocycles. The molecule has 2 fully saturated rings. The van der Waals surface area contributed by atoms with Crippen molar-refractivity contribution in [3.05, 3.63) is 69.8 Å². The van der Waals surface area contributed by atoms with E-state index in [0.29, 0.717) is 10.1 Å². The zero-order valence-corrected chi connectivity index (χ0v) is 16.1. The Hall–Kier alpha value is -2.11. The van der Waals surface area contributed by atoms with Gasteiger partial charge in [-0.15, -0.1) is 0 Å². The summed E-state index contributed by atoms with van der Waals surface area (Å²) < 4.78 is 14.2. The number of carbonyl (C=O) groups is 1. The first-order valence-electron chi connectivity index (χ1n) is 8.94. The van der Waals surface area contributed by atoms with Crippen molar-refractivity contribution in [2.75, 3.05) is 0 Å². The van der Waals surface area contributed by atoms with Gasteiger partial charge in [0.15, 0.2) is 5.17 Å². The van der Waals surface area contributed by atoms with Gasteiger partial charge in [0.1, 0.15) is 5.82 Å². The second-order valence-electron chi connectivity index (χ2n) is 6.59. The lowest BCUT2D eigenvalue weighted by Gasteiger charge is -2.22. The second kappa shape index (κ2) is 7.87. The smallest absolute Gasteiger partial charge is 0.267 e. The van der Waals surface area contributed by atoms with Crippen LogP contribution in [-0.4, -0.2) is 22.0 Å². The summed E-state index contributed by atoms with van der Waals surface area (Å²) >= 11 is 7.42. The molecule has 0 aromatic heterocycles. The Morgan fingerprint density at radius 2 is 1.85 bits per heavy atom. The van der Waals surface area contributed by atoms with E-state index >= 15 is 0 Å². The quantitative estimate of drug-likeness (QED) is 0.589. The number of carbonyl (C=O) groups excluding carboxylic acids is 1. The third-order valence-corrected chi connectivity index (χ3v) is 6.10. The number of hydrogen-bond donors (Lipinski definition) is 0. The Bertz CT molecular complexity index is 903. The summed E-state index contributed by atoms with van der Waals surface area (Å²) in [7, 11) is 0. The molecule has 27 heavy (non-hydrogen) atoms. The van der Waals surface area contributed by atoms with Crippen molar-refractivity contribution in [1.82, 2.24) is 4.90 Å². The summed E-state index contributed by atoms with van der Waals surface area (Å²) in [6.45, 7) is 0. The van der Waals surface area contributed by atoms with E-state index in [-0.39, 0.29) is 22.5 Å². The molecule has 6 heteroatoms. The number of rotatable bonds is 3. The molecular weight excluding hydrogens is 383 g/mol. The summed E-state index contributed by atoms with van der Waals surface area (Å²) in [5, 5.41) is 0.938. The summed E-state index contributed by atoms with van der Waals surface area (Å²) in [6.07, 6.45) is 5.69. The van der Waals surface area contributed by atoms with E-state index < -0.39 is 5.82 Å². The number of aliphatic imine (C=N–C) groups is 1. The van der Waals surface area contributed by atoms with E-state index in [9.17, 15) is 9.18 Å². The first kappa shape index (κ1) is 18.3. The highest BCUT2D eigenvalue weighted by atomic mass is 35.5. The van der Waals surface area contributed by atoms with Gasteiger partial charge in [0.05, 0.1) is 15.6 Å². The maximum Gasteiger partial charge on any atom is 0.267 e. The lowest BCUT2D eigenvalue weighted by atomic mass is 10.1. The standard InChI is InChI=1S/C21H18ClFN2OS/c22-17-11-6-12-18(23)16(17)13-19-20(26)25(15-9-4-5-10-15)21(27-19)24-14-7-2-1-3-8-14/h1-3,6-8,11-13,15H,4-5,9-10H2. The van der Waals surface area contributed by atoms with Gasteiger partial charge in [0.25, 0.3) is 5.91 Å². The van der Waals surface area contributed by atoms with Crippen molar-refractivity contribution >= 4 is 46.2 Å². The third-order valence-electron chi connectivity index (χ3n) is 4.78. The fraction of sp³-hybridized carbons (Fsp3) is 0.238. The van der Waals surface area contributed by atoms with Crippen molar-refractivity contribution in [3.63, 3.8) is 0 Å². The van der Waals surface area contributed by atoms with Crippen molar-refractivity contribution in [2.24, 2.45) is 4.99 Å². The van der Waals surface area contributed by atoms with Crippen LogP contribution in [0.5, 0.6) is 0 Å². The Kier molecular flexibility index (Phi) is 5.32. The summed E-state index contributed by atoms with van der Waals surface area (Å²) in [5.74, 6) is -0.565. The number of halogens is 2. The molecule has 0 spiro atoms. The molecule has 0 N–H and O–H groups in total. The molecule has 1 saturated carbocycles. The Morgan fingerprint density at radius 1 is 1.11 bits per heavy atom. The van der Waals surface area contributed by atoms with Crippen LogP contribution in [0.25, 0.3) is 6.08 Å². The van der Waals surface area contributed by atoms with Gasteiger partial charge in [0, 0.05) is 11.6 Å². The van der Waals surface area contributed by atoms with Gasteiger partial charge in [-0.2, -0.15) is 0 Å². The molecule has 0 atom stereocenters. The highest BCUT2D eigenvalue weighted by molar-refractivity contribution is 8.18. The maximum absolute atomic E-state index is 14.2. The minimum absolute atomic E-state index is 0.124. The lowest BCUT2D eigenvalue weighted by molar-refractivity contribution is -0.123. The lowest BCUT2D eigenvalue weighted by Crippen LogP contribution is -2.37. The molecule has 1 saturated heterocycles. The van der Waals surface area contributed by atoms with E-state index in [2.05, 4.69) is 4.99 Å². The molecule has 0 unspecified atom stereocenters. The molecule has 4 rings (SSSR count). The van der Waals surface area contributed by atoms with Crippen LogP contribution in [0.15, 0.2) is 58.4 Å². The monoisotopic (exact) mass is 400 g/mol. The molecule has 3 nitrogen and oxygen atoms in total.